The van der Waals surface area contributed by atoms with Crippen molar-refractivity contribution in [2.24, 2.45) is 7.05 Å². The second-order valence-corrected chi connectivity index (χ2v) is 7.47. The summed E-state index contributed by atoms with van der Waals surface area (Å²) >= 11 is 3.61. The normalized spacial score (nSPS) is 19.3. The Morgan fingerprint density at radius 2 is 2.39 bits per heavy atom. The third-order valence-corrected chi connectivity index (χ3v) is 5.64. The van der Waals surface area contributed by atoms with Gasteiger partial charge in [0.25, 0.3) is 5.89 Å². The van der Waals surface area contributed by atoms with Crippen LogP contribution in [-0.2, 0) is 13.6 Å². The van der Waals surface area contributed by atoms with Crippen molar-refractivity contribution in [3.63, 3.8) is 0 Å². The lowest BCUT2D eigenvalue weighted by atomic mass is 10.1. The SMILES string of the molecule is Cn1cc([C@@H]2CSCCN2Cc2noc(-c3ccsc3)n2)cn1. The molecule has 1 saturated heterocycles. The molecule has 3 aromatic heterocycles. The van der Waals surface area contributed by atoms with Crippen LogP contribution in [0, 0.1) is 0 Å². The molecule has 0 amide bonds. The van der Waals surface area contributed by atoms with Gasteiger partial charge in [-0.2, -0.15) is 33.2 Å². The highest BCUT2D eigenvalue weighted by molar-refractivity contribution is 7.99. The molecular formula is C15H17N5OS2. The third kappa shape index (κ3) is 3.19. The maximum absolute atomic E-state index is 5.39. The van der Waals surface area contributed by atoms with Gasteiger partial charge in [-0.25, -0.2) is 0 Å². The number of rotatable bonds is 4. The molecular weight excluding hydrogens is 330 g/mol. The smallest absolute Gasteiger partial charge is 0.258 e. The maximum atomic E-state index is 5.39. The van der Waals surface area contributed by atoms with Crippen LogP contribution in [0.15, 0.2) is 33.7 Å². The lowest BCUT2D eigenvalue weighted by Crippen LogP contribution is -2.35. The van der Waals surface area contributed by atoms with Crippen molar-refractivity contribution >= 4 is 23.1 Å². The molecule has 3 aromatic rings. The molecule has 1 fully saturated rings. The van der Waals surface area contributed by atoms with E-state index < -0.39 is 0 Å². The number of hydrogen-bond donors (Lipinski definition) is 0. The molecule has 0 unspecified atom stereocenters. The van der Waals surface area contributed by atoms with Gasteiger partial charge in [0.1, 0.15) is 0 Å². The molecule has 0 radical (unpaired) electrons. The fourth-order valence-corrected chi connectivity index (χ4v) is 4.54. The van der Waals surface area contributed by atoms with Gasteiger partial charge in [-0.1, -0.05) is 5.16 Å². The first-order chi connectivity index (χ1) is 11.3. The van der Waals surface area contributed by atoms with Gasteiger partial charge in [-0.05, 0) is 11.4 Å². The fourth-order valence-electron chi connectivity index (χ4n) is 2.75. The Morgan fingerprint density at radius 1 is 1.43 bits per heavy atom. The molecule has 1 aliphatic rings. The molecule has 0 aliphatic carbocycles. The number of nitrogens with zero attached hydrogens (tertiary/aromatic N) is 5. The Morgan fingerprint density at radius 3 is 3.17 bits per heavy atom. The van der Waals surface area contributed by atoms with Gasteiger partial charge >= 0.3 is 0 Å². The summed E-state index contributed by atoms with van der Waals surface area (Å²) in [6.45, 7) is 1.72. The third-order valence-electron chi connectivity index (χ3n) is 3.93. The minimum absolute atomic E-state index is 0.352. The van der Waals surface area contributed by atoms with Crippen molar-refractivity contribution in [2.75, 3.05) is 18.1 Å². The Balaban J connectivity index is 1.52. The second-order valence-electron chi connectivity index (χ2n) is 5.54. The molecule has 120 valence electrons. The van der Waals surface area contributed by atoms with Crippen molar-refractivity contribution in [3.05, 3.63) is 40.6 Å². The van der Waals surface area contributed by atoms with Crippen LogP contribution < -0.4 is 0 Å². The fraction of sp³-hybridized carbons (Fsp3) is 0.400. The molecule has 6 nitrogen and oxygen atoms in total. The minimum Gasteiger partial charge on any atom is -0.334 e. The second kappa shape index (κ2) is 6.46. The van der Waals surface area contributed by atoms with Crippen LogP contribution in [0.4, 0.5) is 0 Å². The summed E-state index contributed by atoms with van der Waals surface area (Å²) in [5.74, 6) is 3.55. The van der Waals surface area contributed by atoms with Gasteiger partial charge in [0, 0.05) is 48.3 Å². The van der Waals surface area contributed by atoms with E-state index in [1.165, 1.54) is 5.56 Å². The average molecular weight is 347 g/mol. The first kappa shape index (κ1) is 14.9. The molecule has 0 saturated carbocycles. The largest absolute Gasteiger partial charge is 0.334 e. The molecule has 4 heterocycles. The van der Waals surface area contributed by atoms with E-state index >= 15 is 0 Å². The van der Waals surface area contributed by atoms with E-state index in [0.29, 0.717) is 18.5 Å². The summed E-state index contributed by atoms with van der Waals surface area (Å²) in [6.07, 6.45) is 4.05. The zero-order valence-corrected chi connectivity index (χ0v) is 14.4. The Hall–Kier alpha value is -1.64. The highest BCUT2D eigenvalue weighted by Gasteiger charge is 2.26. The van der Waals surface area contributed by atoms with E-state index in [1.54, 1.807) is 11.3 Å². The molecule has 1 atom stereocenters. The van der Waals surface area contributed by atoms with E-state index in [0.717, 1.165) is 29.4 Å². The summed E-state index contributed by atoms with van der Waals surface area (Å²) in [5.41, 5.74) is 2.24. The van der Waals surface area contributed by atoms with Crippen molar-refractivity contribution in [2.45, 2.75) is 12.6 Å². The number of thiophene rings is 1. The maximum Gasteiger partial charge on any atom is 0.258 e. The zero-order valence-electron chi connectivity index (χ0n) is 12.8. The number of thioether (sulfide) groups is 1. The Labute approximate surface area is 142 Å². The van der Waals surface area contributed by atoms with Gasteiger partial charge in [0.15, 0.2) is 5.82 Å². The van der Waals surface area contributed by atoms with E-state index in [-0.39, 0.29) is 0 Å². The van der Waals surface area contributed by atoms with Gasteiger partial charge in [0.2, 0.25) is 0 Å². The van der Waals surface area contributed by atoms with E-state index in [1.807, 2.05) is 46.5 Å². The van der Waals surface area contributed by atoms with Gasteiger partial charge in [-0.15, -0.1) is 0 Å². The van der Waals surface area contributed by atoms with Crippen molar-refractivity contribution in [1.82, 2.24) is 24.8 Å². The Kier molecular flexibility index (Phi) is 4.19. The molecule has 0 spiro atoms. The van der Waals surface area contributed by atoms with Crippen LogP contribution in [0.2, 0.25) is 0 Å². The topological polar surface area (TPSA) is 60.0 Å². The quantitative estimate of drug-likeness (QED) is 0.723. The van der Waals surface area contributed by atoms with E-state index in [2.05, 4.69) is 26.3 Å². The molecule has 23 heavy (non-hydrogen) atoms. The predicted octanol–water partition coefficient (Wildman–Crippen LogP) is 2.82. The van der Waals surface area contributed by atoms with Crippen molar-refractivity contribution in [3.8, 4) is 11.5 Å². The highest BCUT2D eigenvalue weighted by atomic mass is 32.2. The summed E-state index contributed by atoms with van der Waals surface area (Å²) in [5, 5.41) is 12.5. The van der Waals surface area contributed by atoms with Crippen molar-refractivity contribution < 1.29 is 4.52 Å². The predicted molar refractivity (Wildman–Crippen MR) is 91.3 cm³/mol. The average Bonchev–Trinajstić information content (AvgIpc) is 3.28. The summed E-state index contributed by atoms with van der Waals surface area (Å²) in [7, 11) is 1.95. The van der Waals surface area contributed by atoms with Crippen LogP contribution in [0.3, 0.4) is 0 Å². The first-order valence-electron chi connectivity index (χ1n) is 7.45. The standard InChI is InChI=1S/C15H17N5OS2/c1-19-7-12(6-16-19)13-10-23-5-3-20(13)8-14-17-15(21-18-14)11-2-4-22-9-11/h2,4,6-7,9,13H,3,5,8,10H2,1H3/t13-/m0/s1. The van der Waals surface area contributed by atoms with Crippen LogP contribution in [-0.4, -0.2) is 42.9 Å². The molecule has 4 rings (SSSR count). The first-order valence-corrected chi connectivity index (χ1v) is 9.55. The van der Waals surface area contributed by atoms with E-state index in [9.17, 15) is 0 Å². The molecule has 8 heteroatoms. The van der Waals surface area contributed by atoms with E-state index in [4.69, 9.17) is 4.52 Å². The van der Waals surface area contributed by atoms with Gasteiger partial charge in [-0.3, -0.25) is 9.58 Å². The van der Waals surface area contributed by atoms with Gasteiger partial charge in [0.05, 0.1) is 18.3 Å². The molecule has 0 bridgehead atoms. The monoisotopic (exact) mass is 347 g/mol. The van der Waals surface area contributed by atoms with Crippen molar-refractivity contribution in [1.29, 1.82) is 0 Å². The number of aromatic nitrogens is 4. The molecule has 0 aromatic carbocycles. The lowest BCUT2D eigenvalue weighted by Gasteiger charge is -2.33. The van der Waals surface area contributed by atoms with Crippen LogP contribution in [0.5, 0.6) is 0 Å². The summed E-state index contributed by atoms with van der Waals surface area (Å²) in [4.78, 5) is 6.95. The molecule has 0 N–H and O–H groups in total. The zero-order chi connectivity index (χ0) is 15.6. The molecule has 1 aliphatic heterocycles. The summed E-state index contributed by atoms with van der Waals surface area (Å²) < 4.78 is 7.25. The van der Waals surface area contributed by atoms with Crippen LogP contribution >= 0.6 is 23.1 Å². The van der Waals surface area contributed by atoms with Crippen LogP contribution in [0.1, 0.15) is 17.4 Å². The number of aryl methyl sites for hydroxylation is 1. The highest BCUT2D eigenvalue weighted by Crippen LogP contribution is 2.30. The summed E-state index contributed by atoms with van der Waals surface area (Å²) in [6, 6.07) is 2.35. The number of hydrogen-bond acceptors (Lipinski definition) is 7. The van der Waals surface area contributed by atoms with Gasteiger partial charge < -0.3 is 4.52 Å². The van der Waals surface area contributed by atoms with Crippen LogP contribution in [0.25, 0.3) is 11.5 Å². The minimum atomic E-state index is 0.352. The Bertz CT molecular complexity index is 767. The lowest BCUT2D eigenvalue weighted by molar-refractivity contribution is 0.204.